The zero-order valence-corrected chi connectivity index (χ0v) is 82.4. The second kappa shape index (κ2) is 45.8. The van der Waals surface area contributed by atoms with Gasteiger partial charge < -0.3 is 53.3 Å². The van der Waals surface area contributed by atoms with E-state index in [1.54, 1.807) is 73.3 Å². The molecule has 754 valence electrons. The molecule has 12 aromatic heterocycles. The first-order valence-electron chi connectivity index (χ1n) is 48.3. The molecule has 14 heterocycles. The number of nitrogens with two attached hydrogens (primary N) is 4. The molecular formula is C110H110F4N28O6. The van der Waals surface area contributed by atoms with Crippen LogP contribution >= 0.6 is 0 Å². The van der Waals surface area contributed by atoms with Crippen LogP contribution in [0.1, 0.15) is 62.9 Å². The minimum atomic E-state index is -0.386. The highest BCUT2D eigenvalue weighted by atomic mass is 19.1. The van der Waals surface area contributed by atoms with E-state index in [4.69, 9.17) is 72.3 Å². The van der Waals surface area contributed by atoms with Crippen LogP contribution in [0.5, 0.6) is 5.75 Å². The summed E-state index contributed by atoms with van der Waals surface area (Å²) in [7, 11) is 7.35. The third kappa shape index (κ3) is 25.2. The van der Waals surface area contributed by atoms with Gasteiger partial charge in [-0.1, -0.05) is 35.9 Å². The maximum absolute atomic E-state index is 13.7. The van der Waals surface area contributed by atoms with E-state index in [9.17, 15) is 36.7 Å². The highest BCUT2D eigenvalue weighted by Gasteiger charge is 2.28. The van der Waals surface area contributed by atoms with E-state index in [1.165, 1.54) is 83.6 Å². The largest absolute Gasteiger partial charge is 0.493 e. The quantitative estimate of drug-likeness (QED) is 0.0184. The predicted molar refractivity (Wildman–Crippen MR) is 559 cm³/mol. The molecule has 1 saturated heterocycles. The molecule has 1 saturated carbocycles. The number of carbonyl (C=O) groups is 4. The Morgan fingerprint density at radius 1 is 0.378 bits per heavy atom. The molecule has 148 heavy (non-hydrogen) atoms. The number of amides is 4. The van der Waals surface area contributed by atoms with Crippen LogP contribution in [0.25, 0.3) is 113 Å². The number of nitrogens with zero attached hydrogens (tertiary/aromatic N) is 21. The number of fused-ring (bicyclic) bond motifs is 5. The number of halogens is 4. The Bertz CT molecular complexity index is 7850. The first kappa shape index (κ1) is 101. The lowest BCUT2D eigenvalue weighted by Crippen LogP contribution is -2.37. The topological polar surface area (TPSA) is 415 Å². The van der Waals surface area contributed by atoms with Crippen LogP contribution in [-0.4, -0.2) is 214 Å². The number of aromatic nitrogens is 16. The average molecular weight is 2000 g/mol. The van der Waals surface area contributed by atoms with E-state index in [-0.39, 0.29) is 73.1 Å². The Morgan fingerprint density at radius 2 is 0.730 bits per heavy atom. The molecule has 4 amide bonds. The molecule has 6 aromatic carbocycles. The zero-order valence-electron chi connectivity index (χ0n) is 82.4. The normalized spacial score (nSPS) is 12.8. The summed E-state index contributed by atoms with van der Waals surface area (Å²) in [5, 5.41) is 10.0. The molecule has 1 aliphatic carbocycles. The van der Waals surface area contributed by atoms with Crippen LogP contribution in [0.2, 0.25) is 0 Å². The van der Waals surface area contributed by atoms with Gasteiger partial charge in [0.05, 0.1) is 114 Å². The maximum atomic E-state index is 13.7. The van der Waals surface area contributed by atoms with Gasteiger partial charge >= 0.3 is 0 Å². The second-order valence-corrected chi connectivity index (χ2v) is 37.0. The number of imidazole rings is 4. The van der Waals surface area contributed by atoms with Crippen LogP contribution in [0.15, 0.2) is 256 Å². The number of anilines is 4. The van der Waals surface area contributed by atoms with Crippen LogP contribution in [0.3, 0.4) is 0 Å². The van der Waals surface area contributed by atoms with Gasteiger partial charge in [0.15, 0.2) is 0 Å². The van der Waals surface area contributed by atoms with Crippen molar-refractivity contribution >= 4 is 70.0 Å². The van der Waals surface area contributed by atoms with E-state index < -0.39 is 0 Å². The number of nitrogens with one attached hydrogen (secondary N) is 3. The lowest BCUT2D eigenvalue weighted by atomic mass is 10.1. The second-order valence-electron chi connectivity index (χ2n) is 37.0. The van der Waals surface area contributed by atoms with E-state index in [2.05, 4.69) is 78.9 Å². The van der Waals surface area contributed by atoms with Crippen LogP contribution in [0, 0.1) is 43.0 Å². The minimum absolute atomic E-state index is 0.154. The number of carbonyl (C=O) groups excluding carboxylic acids is 4. The molecule has 2 aliphatic heterocycles. The summed E-state index contributed by atoms with van der Waals surface area (Å²) in [4.78, 5) is 111. The molecule has 18 aromatic rings. The molecule has 2 fully saturated rings. The number of rotatable bonds is 34. The Morgan fingerprint density at radius 3 is 1.09 bits per heavy atom. The van der Waals surface area contributed by atoms with Crippen molar-refractivity contribution in [1.82, 2.24) is 97.0 Å². The van der Waals surface area contributed by atoms with Gasteiger partial charge in [-0.05, 0) is 281 Å². The van der Waals surface area contributed by atoms with Crippen molar-refractivity contribution < 1.29 is 46.2 Å². The zero-order chi connectivity index (χ0) is 103. The van der Waals surface area contributed by atoms with Crippen molar-refractivity contribution in [3.05, 3.63) is 329 Å². The lowest BCUT2D eigenvalue weighted by molar-refractivity contribution is -0.119. The van der Waals surface area contributed by atoms with Crippen LogP contribution in [-0.2, 0) is 69.6 Å². The summed E-state index contributed by atoms with van der Waals surface area (Å²) in [5.41, 5.74) is 45.8. The Balaban J connectivity index is 0.000000129. The molecule has 34 nitrogen and oxygen atoms in total. The van der Waals surface area contributed by atoms with Crippen molar-refractivity contribution in [1.29, 1.82) is 0 Å². The number of ether oxygens (including phenoxy) is 2. The fourth-order valence-corrected chi connectivity index (χ4v) is 17.9. The molecule has 0 radical (unpaired) electrons. The number of primary amides is 4. The molecular weight excluding hydrogens is 1890 g/mol. The Labute approximate surface area is 850 Å². The summed E-state index contributed by atoms with van der Waals surface area (Å²) in [6.07, 6.45) is 18.1. The summed E-state index contributed by atoms with van der Waals surface area (Å²) in [6, 6.07) is 60.8. The third-order valence-electron chi connectivity index (χ3n) is 25.0. The van der Waals surface area contributed by atoms with Gasteiger partial charge in [-0.15, -0.1) is 0 Å². The SMILES string of the molecule is CN(CC(N)=O)Cc1ccn2c(-c3ccnc(N4CCOCC4)n3)c(-c3ccc(F)cc3)nc2c1.CN(CC(N)=O)Cc1ccn2c(-c3ccnc(NCC4CC4)n3)c(-c3ccc(F)cc3)nc2c1.CN(CC(N)=O)Cc1ccn2c(-c3ccnc(NCc4ccc5c(c4)CCO5)n3)c(-c3ccc(F)cc3)nc2c1.Cc1ccc(C)c(CNc2nccc(-c3c(-c4ccc(F)cc4)nc4cc(CN(C)CC(N)=O)ccn34)n2)c1. The van der Waals surface area contributed by atoms with E-state index in [0.717, 1.165) is 128 Å². The van der Waals surface area contributed by atoms with Gasteiger partial charge in [0, 0.05) is 137 Å². The van der Waals surface area contributed by atoms with Gasteiger partial charge in [-0.2, -0.15) is 0 Å². The first-order valence-corrected chi connectivity index (χ1v) is 48.3. The first-order chi connectivity index (χ1) is 71.6. The Kier molecular flexibility index (Phi) is 31.2. The number of hydrogen-bond acceptors (Lipinski definition) is 26. The molecule has 11 N–H and O–H groups in total. The van der Waals surface area contributed by atoms with Gasteiger partial charge in [-0.25, -0.2) is 77.4 Å². The lowest BCUT2D eigenvalue weighted by Gasteiger charge is -2.26. The molecule has 38 heteroatoms. The number of benzene rings is 6. The Hall–Kier alpha value is -17.2. The van der Waals surface area contributed by atoms with E-state index in [0.29, 0.717) is 133 Å². The van der Waals surface area contributed by atoms with Gasteiger partial charge in [0.2, 0.25) is 47.4 Å². The van der Waals surface area contributed by atoms with E-state index >= 15 is 0 Å². The van der Waals surface area contributed by atoms with Crippen molar-refractivity contribution in [2.24, 2.45) is 28.9 Å². The standard InChI is InChI=1S/C30H28FN7O2.C30H30FN7O.C25H26FN7O2.C25H26FN7O/c1-37(18-26(32)39)17-20-9-12-38-27(15-20)36-28(21-3-5-23(31)6-4-21)29(38)24-8-11-33-30(35-24)34-16-19-2-7-25-22(14-19)10-13-40-25;1-19-4-5-20(2)23(14-19)16-34-30-33-12-10-25(35-30)29-28(22-6-8-24(31)9-7-22)36-27-15-21(11-13-38(27)29)17-37(3)18-26(32)39;1-31(16-21(27)34)15-17-7-9-33-22(14-17)30-23(18-2-4-19(26)5-3-18)24(33)20-6-8-28-25(29-20)32-10-12-35-13-11-32;1-32(15-21(27)34)14-17-9-11-33-22(12-17)31-23(18-4-6-19(26)7-5-18)24(33)20-8-10-28-25(30-20)29-13-16-2-3-16/h2-9,11-12,14-15H,10,13,16-18H2,1H3,(H2,32,39)(H,33,34,35);4-15H,16-18H2,1-3H3,(H2,32,39)(H,33,34,35);2-9,14H,10-13,15-16H2,1H3,(H2,27,34);4-12,16H,2-3,13-15H2,1H3,(H2,27,34)(H,28,29,30). The fraction of sp³-hybridized carbons (Fsp3) is 0.236. The molecule has 21 rings (SSSR count). The highest BCUT2D eigenvalue weighted by Crippen LogP contribution is 2.40. The highest BCUT2D eigenvalue weighted by molar-refractivity contribution is 5.86. The van der Waals surface area contributed by atoms with Crippen LogP contribution < -0.4 is 48.5 Å². The summed E-state index contributed by atoms with van der Waals surface area (Å²) < 4.78 is 73.7. The van der Waals surface area contributed by atoms with Crippen molar-refractivity contribution in [3.63, 3.8) is 0 Å². The third-order valence-corrected chi connectivity index (χ3v) is 25.0. The molecule has 0 spiro atoms. The molecule has 3 aliphatic rings. The number of pyridine rings is 4. The van der Waals surface area contributed by atoms with E-state index in [1.807, 2.05) is 175 Å². The van der Waals surface area contributed by atoms with Crippen LogP contribution in [0.4, 0.5) is 41.4 Å². The van der Waals surface area contributed by atoms with Gasteiger partial charge in [-0.3, -0.25) is 56.4 Å². The average Bonchev–Trinajstić information content (AvgIpc) is 1.62. The summed E-state index contributed by atoms with van der Waals surface area (Å²) in [6.45, 7) is 12.4. The minimum Gasteiger partial charge on any atom is -0.493 e. The maximum Gasteiger partial charge on any atom is 0.231 e. The number of hydrogen-bond donors (Lipinski definition) is 7. The number of aryl methyl sites for hydroxylation is 2. The summed E-state index contributed by atoms with van der Waals surface area (Å²) in [5.74, 6) is 1.07. The van der Waals surface area contributed by atoms with Crippen molar-refractivity contribution in [2.45, 2.75) is 72.4 Å². The monoisotopic (exact) mass is 1990 g/mol. The molecule has 0 atom stereocenters. The fourth-order valence-electron chi connectivity index (χ4n) is 17.9. The smallest absolute Gasteiger partial charge is 0.231 e. The molecule has 0 bridgehead atoms. The number of likely N-dealkylation sites (N-methyl/N-ethyl adjacent to an activating group) is 4. The molecule has 0 unspecified atom stereocenters. The van der Waals surface area contributed by atoms with Crippen molar-refractivity contribution in [3.8, 4) is 96.3 Å². The predicted octanol–water partition coefficient (Wildman–Crippen LogP) is 14.5. The van der Waals surface area contributed by atoms with Gasteiger partial charge in [0.25, 0.3) is 0 Å². The summed E-state index contributed by atoms with van der Waals surface area (Å²) >= 11 is 0. The number of morpholine rings is 1. The van der Waals surface area contributed by atoms with Crippen molar-refractivity contribution in [2.75, 3.05) is 115 Å². The van der Waals surface area contributed by atoms with Gasteiger partial charge in [0.1, 0.15) is 51.6 Å².